The fraction of sp³-hybridized carbons (Fsp3) is 0.267. The highest BCUT2D eigenvalue weighted by Gasteiger charge is 2.11. The monoisotopic (exact) mass is 371 g/mol. The summed E-state index contributed by atoms with van der Waals surface area (Å²) in [7, 11) is 2.02. The average Bonchev–Trinajstić information content (AvgIpc) is 2.82. The molecule has 0 amide bonds. The number of carbonyl (C=O) groups is 1. The molecule has 0 atom stereocenters. The Morgan fingerprint density at radius 2 is 2.15 bits per heavy atom. The fourth-order valence-electron chi connectivity index (χ4n) is 1.90. The smallest absolute Gasteiger partial charge is 0.165 e. The number of thiophene rings is 1. The maximum absolute atomic E-state index is 12.1. The maximum atomic E-state index is 12.1. The van der Waals surface area contributed by atoms with Crippen molar-refractivity contribution in [3.8, 4) is 0 Å². The Morgan fingerprint density at radius 3 is 2.80 bits per heavy atom. The summed E-state index contributed by atoms with van der Waals surface area (Å²) in [4.78, 5) is 15.5. The van der Waals surface area contributed by atoms with Gasteiger partial charge in [-0.05, 0) is 41.2 Å². The lowest BCUT2D eigenvalue weighted by atomic mass is 10.1. The van der Waals surface area contributed by atoms with Crippen molar-refractivity contribution in [1.29, 1.82) is 0 Å². The second-order valence-electron chi connectivity index (χ2n) is 4.62. The van der Waals surface area contributed by atoms with Crippen molar-refractivity contribution in [2.45, 2.75) is 13.0 Å². The molecule has 0 unspecified atom stereocenters. The van der Waals surface area contributed by atoms with E-state index in [1.54, 1.807) is 23.5 Å². The molecule has 1 aromatic heterocycles. The first-order valence-electron chi connectivity index (χ1n) is 6.25. The van der Waals surface area contributed by atoms with Crippen LogP contribution in [-0.2, 0) is 6.54 Å². The zero-order valence-corrected chi connectivity index (χ0v) is 14.3. The lowest BCUT2D eigenvalue weighted by molar-refractivity contribution is 0.0968. The zero-order chi connectivity index (χ0) is 14.5. The highest BCUT2D eigenvalue weighted by Crippen LogP contribution is 2.21. The first-order valence-corrected chi connectivity index (χ1v) is 8.30. The predicted molar refractivity (Wildman–Crippen MR) is 88.8 cm³/mol. The quantitative estimate of drug-likeness (QED) is 0.674. The standard InChI is InChI=1S/C15H15BrClNOS/c1-18(9-12-8-11(16)10-20-12)7-6-15(19)13-4-2-3-5-14(13)17/h2-5,8,10H,6-7,9H2,1H3. The summed E-state index contributed by atoms with van der Waals surface area (Å²) in [5.41, 5.74) is 0.612. The molecular formula is C15H15BrClNOS. The van der Waals surface area contributed by atoms with E-state index in [0.29, 0.717) is 17.0 Å². The molecule has 106 valence electrons. The Balaban J connectivity index is 1.85. The Morgan fingerprint density at radius 1 is 1.40 bits per heavy atom. The molecule has 1 aromatic carbocycles. The first kappa shape index (κ1) is 15.7. The fourth-order valence-corrected chi connectivity index (χ4v) is 3.67. The van der Waals surface area contributed by atoms with Crippen LogP contribution in [0, 0.1) is 0 Å². The van der Waals surface area contributed by atoms with Gasteiger partial charge in [-0.25, -0.2) is 0 Å². The van der Waals surface area contributed by atoms with E-state index in [1.807, 2.05) is 19.2 Å². The molecule has 0 aliphatic rings. The molecule has 20 heavy (non-hydrogen) atoms. The molecular weight excluding hydrogens is 358 g/mol. The van der Waals surface area contributed by atoms with Gasteiger partial charge in [-0.1, -0.05) is 23.7 Å². The number of ketones is 1. The number of rotatable bonds is 6. The molecule has 1 heterocycles. The van der Waals surface area contributed by atoms with E-state index in [9.17, 15) is 4.79 Å². The number of hydrogen-bond donors (Lipinski definition) is 0. The van der Waals surface area contributed by atoms with Gasteiger partial charge in [0.05, 0.1) is 5.02 Å². The molecule has 5 heteroatoms. The molecule has 0 aliphatic heterocycles. The van der Waals surface area contributed by atoms with E-state index < -0.39 is 0 Å². The second kappa shape index (κ2) is 7.36. The van der Waals surface area contributed by atoms with Gasteiger partial charge in [-0.15, -0.1) is 11.3 Å². The van der Waals surface area contributed by atoms with Crippen LogP contribution in [0.15, 0.2) is 40.2 Å². The number of hydrogen-bond acceptors (Lipinski definition) is 3. The van der Waals surface area contributed by atoms with E-state index in [0.717, 1.165) is 17.6 Å². The Kier molecular flexibility index (Phi) is 5.78. The SMILES string of the molecule is CN(CCC(=O)c1ccccc1Cl)Cc1cc(Br)cs1. The van der Waals surface area contributed by atoms with Crippen LogP contribution in [0.2, 0.25) is 5.02 Å². The predicted octanol–water partition coefficient (Wildman–Crippen LogP) is 4.87. The second-order valence-corrected chi connectivity index (χ2v) is 6.94. The van der Waals surface area contributed by atoms with Crippen molar-refractivity contribution < 1.29 is 4.79 Å². The molecule has 2 rings (SSSR count). The van der Waals surface area contributed by atoms with Crippen LogP contribution < -0.4 is 0 Å². The van der Waals surface area contributed by atoms with Crippen molar-refractivity contribution in [2.75, 3.05) is 13.6 Å². The van der Waals surface area contributed by atoms with Gasteiger partial charge < -0.3 is 4.90 Å². The minimum atomic E-state index is 0.0924. The molecule has 0 N–H and O–H groups in total. The molecule has 2 nitrogen and oxygen atoms in total. The first-order chi connectivity index (χ1) is 9.56. The minimum Gasteiger partial charge on any atom is -0.301 e. The van der Waals surface area contributed by atoms with Crippen LogP contribution in [0.1, 0.15) is 21.7 Å². The van der Waals surface area contributed by atoms with Crippen molar-refractivity contribution in [3.63, 3.8) is 0 Å². The maximum Gasteiger partial charge on any atom is 0.165 e. The third-order valence-electron chi connectivity index (χ3n) is 2.94. The lowest BCUT2D eigenvalue weighted by Crippen LogP contribution is -2.21. The molecule has 0 aliphatic carbocycles. The van der Waals surface area contributed by atoms with Crippen molar-refractivity contribution in [1.82, 2.24) is 4.90 Å². The van der Waals surface area contributed by atoms with E-state index in [-0.39, 0.29) is 5.78 Å². The van der Waals surface area contributed by atoms with E-state index >= 15 is 0 Å². The minimum absolute atomic E-state index is 0.0924. The number of nitrogens with zero attached hydrogens (tertiary/aromatic N) is 1. The van der Waals surface area contributed by atoms with E-state index in [1.165, 1.54) is 4.88 Å². The zero-order valence-electron chi connectivity index (χ0n) is 11.1. The number of halogens is 2. The van der Waals surface area contributed by atoms with Gasteiger partial charge in [0, 0.05) is 39.8 Å². The van der Waals surface area contributed by atoms with Crippen molar-refractivity contribution in [2.24, 2.45) is 0 Å². The average molecular weight is 373 g/mol. The largest absolute Gasteiger partial charge is 0.301 e. The summed E-state index contributed by atoms with van der Waals surface area (Å²) in [6, 6.07) is 9.31. The van der Waals surface area contributed by atoms with Gasteiger partial charge in [-0.3, -0.25) is 4.79 Å². The third-order valence-corrected chi connectivity index (χ3v) is 4.95. The normalized spacial score (nSPS) is 11.0. The number of Topliss-reactive ketones (excluding diaryl/α,β-unsaturated/α-hetero) is 1. The van der Waals surface area contributed by atoms with Crippen molar-refractivity contribution >= 4 is 44.7 Å². The van der Waals surface area contributed by atoms with Crippen molar-refractivity contribution in [3.05, 3.63) is 55.6 Å². The number of carbonyl (C=O) groups excluding carboxylic acids is 1. The van der Waals surface area contributed by atoms with Gasteiger partial charge in [0.15, 0.2) is 5.78 Å². The Hall–Kier alpha value is -0.680. The van der Waals surface area contributed by atoms with Gasteiger partial charge in [-0.2, -0.15) is 0 Å². The lowest BCUT2D eigenvalue weighted by Gasteiger charge is -2.15. The van der Waals surface area contributed by atoms with Gasteiger partial charge in [0.2, 0.25) is 0 Å². The van der Waals surface area contributed by atoms with Crippen LogP contribution in [0.25, 0.3) is 0 Å². The molecule has 0 bridgehead atoms. The summed E-state index contributed by atoms with van der Waals surface area (Å²) < 4.78 is 1.11. The molecule has 2 aromatic rings. The Bertz CT molecular complexity index is 599. The molecule has 0 spiro atoms. The summed E-state index contributed by atoms with van der Waals surface area (Å²) >= 11 is 11.2. The summed E-state index contributed by atoms with van der Waals surface area (Å²) in [6.45, 7) is 1.58. The van der Waals surface area contributed by atoms with Crippen LogP contribution in [0.4, 0.5) is 0 Å². The molecule has 0 fully saturated rings. The van der Waals surface area contributed by atoms with Gasteiger partial charge in [0.1, 0.15) is 0 Å². The van der Waals surface area contributed by atoms with Crippen LogP contribution >= 0.6 is 38.9 Å². The summed E-state index contributed by atoms with van der Waals surface area (Å²) in [5, 5.41) is 2.60. The Labute approximate surface area is 136 Å². The molecule has 0 saturated heterocycles. The third kappa shape index (κ3) is 4.42. The van der Waals surface area contributed by atoms with Crippen LogP contribution in [0.3, 0.4) is 0 Å². The van der Waals surface area contributed by atoms with E-state index in [4.69, 9.17) is 11.6 Å². The summed E-state index contributed by atoms with van der Waals surface area (Å²) in [5.74, 6) is 0.0924. The highest BCUT2D eigenvalue weighted by molar-refractivity contribution is 9.10. The summed E-state index contributed by atoms with van der Waals surface area (Å²) in [6.07, 6.45) is 0.479. The highest BCUT2D eigenvalue weighted by atomic mass is 79.9. The molecule has 0 saturated carbocycles. The number of benzene rings is 1. The van der Waals surface area contributed by atoms with Gasteiger partial charge >= 0.3 is 0 Å². The van der Waals surface area contributed by atoms with Crippen LogP contribution in [0.5, 0.6) is 0 Å². The van der Waals surface area contributed by atoms with Gasteiger partial charge in [0.25, 0.3) is 0 Å². The molecule has 0 radical (unpaired) electrons. The van der Waals surface area contributed by atoms with Crippen LogP contribution in [-0.4, -0.2) is 24.3 Å². The van der Waals surface area contributed by atoms with E-state index in [2.05, 4.69) is 32.3 Å². The topological polar surface area (TPSA) is 20.3 Å².